The third kappa shape index (κ3) is 1.26. The molecule has 56 valence electrons. The Labute approximate surface area is 66.4 Å². The van der Waals surface area contributed by atoms with Gasteiger partial charge in [-0.1, -0.05) is 17.7 Å². The molecule has 0 aromatic heterocycles. The quantitative estimate of drug-likeness (QED) is 0.431. The predicted molar refractivity (Wildman–Crippen MR) is 46.4 cm³/mol. The smallest absolute Gasteiger partial charge is 0.130 e. The zero-order valence-corrected chi connectivity index (χ0v) is 7.53. The molecule has 0 radical (unpaired) electrons. The van der Waals surface area contributed by atoms with Gasteiger partial charge in [-0.05, 0) is 13.5 Å². The highest BCUT2D eigenvalue weighted by Gasteiger charge is 2.32. The van der Waals surface area contributed by atoms with Crippen molar-refractivity contribution >= 4 is 18.2 Å². The largest absolute Gasteiger partial charge is 0.354 e. The Morgan fingerprint density at radius 1 is 1.90 bits per heavy atom. The minimum absolute atomic E-state index is 0.0656. The summed E-state index contributed by atoms with van der Waals surface area (Å²) in [7, 11) is 1.80. The van der Waals surface area contributed by atoms with E-state index in [1.807, 2.05) is 0 Å². The van der Waals surface area contributed by atoms with Crippen LogP contribution >= 0.6 is 6.42 Å². The average molecular weight is 175 g/mol. The molecular formula is C6H10NOPS. The van der Waals surface area contributed by atoms with Crippen molar-refractivity contribution in [3.63, 3.8) is 0 Å². The molecule has 0 bridgehead atoms. The van der Waals surface area contributed by atoms with Gasteiger partial charge < -0.3 is 4.89 Å². The van der Waals surface area contributed by atoms with E-state index in [0.717, 1.165) is 6.42 Å². The molecule has 1 rings (SSSR count). The summed E-state index contributed by atoms with van der Waals surface area (Å²) in [5.74, 6) is 2.60. The van der Waals surface area contributed by atoms with E-state index in [4.69, 9.17) is 18.2 Å². The second-order valence-electron chi connectivity index (χ2n) is 2.43. The van der Waals surface area contributed by atoms with Gasteiger partial charge in [-0.15, -0.1) is 6.42 Å². The highest BCUT2D eigenvalue weighted by atomic mass is 32.4. The van der Waals surface area contributed by atoms with Gasteiger partial charge in [0, 0.05) is 6.16 Å². The van der Waals surface area contributed by atoms with Gasteiger partial charge in [0.2, 0.25) is 0 Å². The van der Waals surface area contributed by atoms with E-state index in [9.17, 15) is 4.89 Å². The molecule has 0 saturated carbocycles. The van der Waals surface area contributed by atoms with Crippen LogP contribution in [0.3, 0.4) is 0 Å². The number of rotatable bonds is 0. The zero-order chi connectivity index (χ0) is 7.78. The Morgan fingerprint density at radius 3 is 2.70 bits per heavy atom. The van der Waals surface area contributed by atoms with E-state index in [-0.39, 0.29) is 6.04 Å². The van der Waals surface area contributed by atoms with Gasteiger partial charge in [0.05, 0.1) is 6.04 Å². The molecule has 2 unspecified atom stereocenters. The first-order valence-electron chi connectivity index (χ1n) is 3.09. The summed E-state index contributed by atoms with van der Waals surface area (Å²) in [4.78, 5) is 9.52. The molecule has 2 nitrogen and oxygen atoms in total. The van der Waals surface area contributed by atoms with Crippen LogP contribution < -0.4 is 0 Å². The fraction of sp³-hybridized carbons (Fsp3) is 0.667. The van der Waals surface area contributed by atoms with Crippen molar-refractivity contribution in [2.75, 3.05) is 13.2 Å². The van der Waals surface area contributed by atoms with E-state index in [0.29, 0.717) is 6.16 Å². The van der Waals surface area contributed by atoms with Crippen LogP contribution in [0.25, 0.3) is 0 Å². The van der Waals surface area contributed by atoms with Gasteiger partial charge in [-0.3, -0.25) is 0 Å². The van der Waals surface area contributed by atoms with Crippen molar-refractivity contribution in [3.8, 4) is 12.3 Å². The van der Waals surface area contributed by atoms with Crippen molar-refractivity contribution in [3.05, 3.63) is 0 Å². The maximum absolute atomic E-state index is 9.52. The normalized spacial score (nSPS) is 41.5. The molecular weight excluding hydrogens is 165 g/mol. The Hall–Kier alpha value is 0.130. The lowest BCUT2D eigenvalue weighted by Gasteiger charge is -2.20. The fourth-order valence-corrected chi connectivity index (χ4v) is 3.22. The highest BCUT2D eigenvalue weighted by molar-refractivity contribution is 8.10. The van der Waals surface area contributed by atoms with Crippen LogP contribution in [0.1, 0.15) is 6.42 Å². The summed E-state index contributed by atoms with van der Waals surface area (Å²) in [6.45, 7) is 0. The lowest BCUT2D eigenvalue weighted by Crippen LogP contribution is -2.19. The highest BCUT2D eigenvalue weighted by Crippen LogP contribution is 2.51. The zero-order valence-electron chi connectivity index (χ0n) is 5.82. The molecule has 10 heavy (non-hydrogen) atoms. The number of nitrogens with zero attached hydrogens (tertiary/aromatic N) is 1. The van der Waals surface area contributed by atoms with Crippen LogP contribution in [-0.4, -0.2) is 28.8 Å². The Bertz CT molecular complexity index is 222. The van der Waals surface area contributed by atoms with Crippen LogP contribution in [0.15, 0.2) is 0 Å². The molecule has 0 aromatic carbocycles. The van der Waals surface area contributed by atoms with Crippen LogP contribution in [0.4, 0.5) is 0 Å². The van der Waals surface area contributed by atoms with E-state index in [2.05, 4.69) is 5.92 Å². The third-order valence-electron chi connectivity index (χ3n) is 1.83. The number of hydrogen-bond donors (Lipinski definition) is 1. The Balaban J connectivity index is 2.79. The van der Waals surface area contributed by atoms with Gasteiger partial charge in [-0.2, -0.15) is 0 Å². The third-order valence-corrected chi connectivity index (χ3v) is 5.26. The average Bonchev–Trinajstić information content (AvgIpc) is 2.10. The van der Waals surface area contributed by atoms with Gasteiger partial charge in [0.25, 0.3) is 0 Å². The predicted octanol–water partition coefficient (Wildman–Crippen LogP) is 0.625. The molecule has 0 spiro atoms. The van der Waals surface area contributed by atoms with Gasteiger partial charge in [-0.25, -0.2) is 4.67 Å². The topological polar surface area (TPSA) is 23.5 Å². The van der Waals surface area contributed by atoms with Gasteiger partial charge in [0.1, 0.15) is 6.42 Å². The molecule has 2 atom stereocenters. The second-order valence-corrected chi connectivity index (χ2v) is 6.60. The van der Waals surface area contributed by atoms with E-state index in [1.54, 1.807) is 11.7 Å². The first-order valence-corrected chi connectivity index (χ1v) is 5.98. The first-order chi connectivity index (χ1) is 4.58. The molecule has 0 aromatic rings. The van der Waals surface area contributed by atoms with Crippen molar-refractivity contribution in [2.24, 2.45) is 0 Å². The van der Waals surface area contributed by atoms with Gasteiger partial charge >= 0.3 is 0 Å². The summed E-state index contributed by atoms with van der Waals surface area (Å²) >= 11 is 4.97. The van der Waals surface area contributed by atoms with Gasteiger partial charge in [0.15, 0.2) is 0 Å². The SMILES string of the molecule is C#CC1CCP(O)(=S)N1C. The summed E-state index contributed by atoms with van der Waals surface area (Å²) < 4.78 is 1.77. The monoisotopic (exact) mass is 175 g/mol. The van der Waals surface area contributed by atoms with Crippen LogP contribution in [-0.2, 0) is 11.8 Å². The molecule has 0 aliphatic carbocycles. The molecule has 1 fully saturated rings. The van der Waals surface area contributed by atoms with Crippen molar-refractivity contribution < 1.29 is 4.89 Å². The summed E-state index contributed by atoms with van der Waals surface area (Å²) in [5, 5.41) is 0. The fourth-order valence-electron chi connectivity index (χ4n) is 1.04. The standard InChI is InChI=1S/C6H10NOPS/c1-3-6-4-5-9(8,10)7(6)2/h1,6H,4-5H2,2H3,(H,8,10). The number of terminal acetylenes is 1. The maximum Gasteiger partial charge on any atom is 0.130 e. The van der Waals surface area contributed by atoms with Crippen LogP contribution in [0.2, 0.25) is 0 Å². The molecule has 1 aliphatic rings. The second kappa shape index (κ2) is 2.64. The number of hydrogen-bond acceptors (Lipinski definition) is 1. The minimum Gasteiger partial charge on any atom is -0.354 e. The van der Waals surface area contributed by atoms with Crippen molar-refractivity contribution in [2.45, 2.75) is 12.5 Å². The Morgan fingerprint density at radius 2 is 2.50 bits per heavy atom. The summed E-state index contributed by atoms with van der Waals surface area (Å²) in [5.41, 5.74) is 0. The summed E-state index contributed by atoms with van der Waals surface area (Å²) in [6.07, 6.45) is 4.58. The summed E-state index contributed by atoms with van der Waals surface area (Å²) in [6, 6.07) is 0.0656. The van der Waals surface area contributed by atoms with Crippen molar-refractivity contribution in [1.29, 1.82) is 0 Å². The molecule has 4 heteroatoms. The lowest BCUT2D eigenvalue weighted by molar-refractivity contribution is 0.457. The molecule has 1 N–H and O–H groups in total. The molecule has 0 amide bonds. The van der Waals surface area contributed by atoms with Crippen molar-refractivity contribution in [1.82, 2.24) is 4.67 Å². The Kier molecular flexibility index (Phi) is 2.17. The maximum atomic E-state index is 9.52. The van der Waals surface area contributed by atoms with E-state index >= 15 is 0 Å². The minimum atomic E-state index is -2.18. The van der Waals surface area contributed by atoms with Crippen LogP contribution in [0.5, 0.6) is 0 Å². The molecule has 1 heterocycles. The molecule has 1 saturated heterocycles. The first kappa shape index (κ1) is 8.23. The van der Waals surface area contributed by atoms with E-state index in [1.165, 1.54) is 0 Å². The lowest BCUT2D eigenvalue weighted by atomic mass is 10.2. The molecule has 1 aliphatic heterocycles. The van der Waals surface area contributed by atoms with Crippen LogP contribution in [0, 0.1) is 12.3 Å². The van der Waals surface area contributed by atoms with E-state index < -0.39 is 6.42 Å².